The number of nitrogens with zero attached hydrogens (tertiary/aromatic N) is 2. The zero-order chi connectivity index (χ0) is 13.2. The minimum atomic E-state index is 0.863. The van der Waals surface area contributed by atoms with Crippen LogP contribution in [0.15, 0.2) is 18.2 Å². The maximum atomic E-state index is 6.40. The van der Waals surface area contributed by atoms with Crippen molar-refractivity contribution in [2.24, 2.45) is 5.92 Å². The number of hydrogen-bond acceptors (Lipinski definition) is 2. The van der Waals surface area contributed by atoms with Gasteiger partial charge in [-0.15, -0.1) is 0 Å². The van der Waals surface area contributed by atoms with Crippen LogP contribution in [0.3, 0.4) is 0 Å². The number of alkyl halides is 1. The molecule has 0 spiro atoms. The minimum Gasteiger partial charge on any atom is -0.368 e. The van der Waals surface area contributed by atoms with Crippen molar-refractivity contribution < 1.29 is 0 Å². The molecule has 2 fully saturated rings. The van der Waals surface area contributed by atoms with Crippen LogP contribution < -0.4 is 4.90 Å². The molecule has 104 valence electrons. The smallest absolute Gasteiger partial charge is 0.0642 e. The van der Waals surface area contributed by atoms with Gasteiger partial charge in [0.1, 0.15) is 0 Å². The predicted octanol–water partition coefficient (Wildman–Crippen LogP) is 3.77. The normalized spacial score (nSPS) is 20.8. The summed E-state index contributed by atoms with van der Waals surface area (Å²) < 4.78 is 0. The van der Waals surface area contributed by atoms with E-state index in [4.69, 9.17) is 11.6 Å². The summed E-state index contributed by atoms with van der Waals surface area (Å²) in [6, 6.07) is 6.39. The summed E-state index contributed by atoms with van der Waals surface area (Å²) in [5.41, 5.74) is 2.43. The van der Waals surface area contributed by atoms with E-state index in [0.29, 0.717) is 0 Å². The zero-order valence-electron chi connectivity index (χ0n) is 11.1. The van der Waals surface area contributed by atoms with Crippen LogP contribution in [-0.4, -0.2) is 37.6 Å². The molecule has 0 unspecified atom stereocenters. The zero-order valence-corrected chi connectivity index (χ0v) is 13.5. The molecule has 0 atom stereocenters. The molecule has 0 aromatic heterocycles. The van der Waals surface area contributed by atoms with E-state index >= 15 is 0 Å². The maximum absolute atomic E-state index is 6.40. The first-order chi connectivity index (χ1) is 9.26. The fourth-order valence-corrected chi connectivity index (χ4v) is 3.40. The summed E-state index contributed by atoms with van der Waals surface area (Å²) in [5, 5.41) is 1.75. The Kier molecular flexibility index (Phi) is 4.35. The van der Waals surface area contributed by atoms with Gasteiger partial charge in [0, 0.05) is 38.1 Å². The summed E-state index contributed by atoms with van der Waals surface area (Å²) in [6.07, 6.45) is 2.89. The minimum absolute atomic E-state index is 0.863. The molecule has 1 aromatic rings. The number of anilines is 1. The molecule has 1 aromatic carbocycles. The monoisotopic (exact) mass is 342 g/mol. The van der Waals surface area contributed by atoms with Crippen LogP contribution in [0.4, 0.5) is 5.69 Å². The van der Waals surface area contributed by atoms with Gasteiger partial charge in [-0.3, -0.25) is 4.90 Å². The van der Waals surface area contributed by atoms with Crippen molar-refractivity contribution in [2.75, 3.05) is 37.6 Å². The molecule has 0 amide bonds. The van der Waals surface area contributed by atoms with Crippen molar-refractivity contribution in [3.05, 3.63) is 28.8 Å². The van der Waals surface area contributed by atoms with Crippen LogP contribution in [0.1, 0.15) is 18.4 Å². The van der Waals surface area contributed by atoms with E-state index in [1.807, 2.05) is 0 Å². The molecular weight excluding hydrogens is 324 g/mol. The van der Waals surface area contributed by atoms with E-state index in [1.165, 1.54) is 43.7 Å². The molecule has 19 heavy (non-hydrogen) atoms. The molecule has 1 aliphatic heterocycles. The van der Waals surface area contributed by atoms with Crippen LogP contribution in [0.2, 0.25) is 5.02 Å². The van der Waals surface area contributed by atoms with Gasteiger partial charge in [0.15, 0.2) is 0 Å². The second-order valence-corrected chi connectivity index (χ2v) is 6.62. The Bertz CT molecular complexity index is 440. The van der Waals surface area contributed by atoms with Crippen LogP contribution in [0.25, 0.3) is 0 Å². The van der Waals surface area contributed by atoms with Crippen molar-refractivity contribution in [1.82, 2.24) is 4.90 Å². The highest BCUT2D eigenvalue weighted by Crippen LogP contribution is 2.31. The summed E-state index contributed by atoms with van der Waals surface area (Å²) in [6.45, 7) is 5.85. The van der Waals surface area contributed by atoms with Crippen LogP contribution in [0, 0.1) is 5.92 Å². The van der Waals surface area contributed by atoms with Gasteiger partial charge in [-0.05, 0) is 36.5 Å². The summed E-state index contributed by atoms with van der Waals surface area (Å²) in [4.78, 5) is 5.03. The molecular formula is C15H20BrClN2. The lowest BCUT2D eigenvalue weighted by Gasteiger charge is -2.36. The van der Waals surface area contributed by atoms with E-state index in [-0.39, 0.29) is 0 Å². The highest BCUT2D eigenvalue weighted by atomic mass is 79.9. The summed E-state index contributed by atoms with van der Waals surface area (Å²) in [5.74, 6) is 0.994. The lowest BCUT2D eigenvalue weighted by molar-refractivity contribution is 0.248. The van der Waals surface area contributed by atoms with Crippen LogP contribution >= 0.6 is 27.5 Å². The first kappa shape index (κ1) is 13.7. The van der Waals surface area contributed by atoms with Gasteiger partial charge in [-0.1, -0.05) is 33.6 Å². The van der Waals surface area contributed by atoms with Gasteiger partial charge in [-0.2, -0.15) is 0 Å². The van der Waals surface area contributed by atoms with E-state index in [1.54, 1.807) is 0 Å². The molecule has 1 heterocycles. The third-order valence-electron chi connectivity index (χ3n) is 4.09. The molecule has 0 bridgehead atoms. The van der Waals surface area contributed by atoms with Crippen molar-refractivity contribution in [3.63, 3.8) is 0 Å². The van der Waals surface area contributed by atoms with Crippen molar-refractivity contribution >= 4 is 33.2 Å². The first-order valence-corrected chi connectivity index (χ1v) is 8.58. The fraction of sp³-hybridized carbons (Fsp3) is 0.600. The average molecular weight is 344 g/mol. The Labute approximate surface area is 128 Å². The molecule has 1 saturated carbocycles. The van der Waals surface area contributed by atoms with Crippen LogP contribution in [0.5, 0.6) is 0 Å². The lowest BCUT2D eigenvalue weighted by Crippen LogP contribution is -2.47. The average Bonchev–Trinajstić information content (AvgIpc) is 3.24. The molecule has 1 saturated heterocycles. The first-order valence-electron chi connectivity index (χ1n) is 7.08. The van der Waals surface area contributed by atoms with Gasteiger partial charge in [0.2, 0.25) is 0 Å². The second kappa shape index (κ2) is 6.02. The number of hydrogen-bond donors (Lipinski definition) is 0. The third-order valence-corrected chi connectivity index (χ3v) is 5.04. The number of halogens is 2. The fourth-order valence-electron chi connectivity index (χ4n) is 2.73. The van der Waals surface area contributed by atoms with E-state index in [0.717, 1.165) is 29.4 Å². The van der Waals surface area contributed by atoms with Gasteiger partial charge in [-0.25, -0.2) is 0 Å². The summed E-state index contributed by atoms with van der Waals surface area (Å²) in [7, 11) is 0. The van der Waals surface area contributed by atoms with Crippen molar-refractivity contribution in [2.45, 2.75) is 18.2 Å². The van der Waals surface area contributed by atoms with E-state index in [9.17, 15) is 0 Å². The quantitative estimate of drug-likeness (QED) is 0.768. The molecule has 2 aliphatic rings. The van der Waals surface area contributed by atoms with Gasteiger partial charge in [0.05, 0.1) is 10.7 Å². The molecule has 0 N–H and O–H groups in total. The Balaban J connectivity index is 1.60. The second-order valence-electron chi connectivity index (χ2n) is 5.65. The molecule has 1 aliphatic carbocycles. The molecule has 0 radical (unpaired) electrons. The van der Waals surface area contributed by atoms with Crippen molar-refractivity contribution in [1.29, 1.82) is 0 Å². The van der Waals surface area contributed by atoms with Gasteiger partial charge < -0.3 is 4.90 Å². The summed E-state index contributed by atoms with van der Waals surface area (Å²) >= 11 is 9.87. The topological polar surface area (TPSA) is 6.48 Å². The highest BCUT2D eigenvalue weighted by molar-refractivity contribution is 9.08. The van der Waals surface area contributed by atoms with Gasteiger partial charge in [0.25, 0.3) is 0 Å². The Morgan fingerprint density at radius 1 is 1.16 bits per heavy atom. The number of benzene rings is 1. The predicted molar refractivity (Wildman–Crippen MR) is 85.5 cm³/mol. The Hall–Kier alpha value is -0.250. The Morgan fingerprint density at radius 2 is 1.89 bits per heavy atom. The third kappa shape index (κ3) is 3.45. The largest absolute Gasteiger partial charge is 0.368 e. The number of piperazine rings is 1. The van der Waals surface area contributed by atoms with Crippen molar-refractivity contribution in [3.8, 4) is 0 Å². The maximum Gasteiger partial charge on any atom is 0.0642 e. The van der Waals surface area contributed by atoms with Gasteiger partial charge >= 0.3 is 0 Å². The van der Waals surface area contributed by atoms with Crippen LogP contribution in [-0.2, 0) is 5.33 Å². The number of rotatable bonds is 4. The standard InChI is InChI=1S/C15H20BrClN2/c16-10-13-3-4-15(14(17)9-13)19-7-5-18(6-8-19)11-12-1-2-12/h3-4,9,12H,1-2,5-8,10-11H2. The Morgan fingerprint density at radius 3 is 2.47 bits per heavy atom. The van der Waals surface area contributed by atoms with E-state index in [2.05, 4.69) is 43.9 Å². The highest BCUT2D eigenvalue weighted by Gasteiger charge is 2.26. The SMILES string of the molecule is Clc1cc(CBr)ccc1N1CCN(CC2CC2)CC1. The lowest BCUT2D eigenvalue weighted by atomic mass is 10.2. The van der Waals surface area contributed by atoms with E-state index < -0.39 is 0 Å². The molecule has 4 heteroatoms. The molecule has 3 rings (SSSR count). The molecule has 2 nitrogen and oxygen atoms in total.